The standard InChI is InChI=1S/C22H22N2O3/c1-3-26-19-12-10-16(15-20(19)27-4-2)11-13-21(25)24-18-9-5-7-17-8-6-14-23-22(17)18/h5-15H,3-4H2,1-2H3,(H,24,25)/b13-11+. The number of carbonyl (C=O) groups is 1. The van der Waals surface area contributed by atoms with Gasteiger partial charge in [-0.25, -0.2) is 0 Å². The van der Waals surface area contributed by atoms with E-state index in [1.165, 1.54) is 6.08 Å². The maximum Gasteiger partial charge on any atom is 0.248 e. The summed E-state index contributed by atoms with van der Waals surface area (Å²) in [5.41, 5.74) is 2.30. The van der Waals surface area contributed by atoms with E-state index in [1.54, 1.807) is 12.3 Å². The molecule has 0 saturated heterocycles. The number of rotatable bonds is 7. The fraction of sp³-hybridized carbons (Fsp3) is 0.182. The lowest BCUT2D eigenvalue weighted by Crippen LogP contribution is -2.08. The van der Waals surface area contributed by atoms with Crippen molar-refractivity contribution in [1.82, 2.24) is 4.98 Å². The molecule has 2 aromatic carbocycles. The molecular formula is C22H22N2O3. The predicted octanol–water partition coefficient (Wildman–Crippen LogP) is 4.68. The Morgan fingerprint density at radius 2 is 1.81 bits per heavy atom. The van der Waals surface area contributed by atoms with Gasteiger partial charge in [-0.05, 0) is 49.8 Å². The summed E-state index contributed by atoms with van der Waals surface area (Å²) in [6.45, 7) is 4.96. The molecule has 5 heteroatoms. The van der Waals surface area contributed by atoms with Crippen molar-refractivity contribution in [2.45, 2.75) is 13.8 Å². The largest absolute Gasteiger partial charge is 0.490 e. The molecule has 0 aliphatic heterocycles. The summed E-state index contributed by atoms with van der Waals surface area (Å²) in [6.07, 6.45) is 4.95. The molecule has 3 aromatic rings. The molecule has 0 aliphatic carbocycles. The van der Waals surface area contributed by atoms with Crippen LogP contribution in [0.3, 0.4) is 0 Å². The molecule has 0 fully saturated rings. The topological polar surface area (TPSA) is 60.5 Å². The molecule has 0 unspecified atom stereocenters. The zero-order chi connectivity index (χ0) is 19.1. The van der Waals surface area contributed by atoms with Crippen LogP contribution in [0.2, 0.25) is 0 Å². The van der Waals surface area contributed by atoms with Gasteiger partial charge in [-0.2, -0.15) is 0 Å². The highest BCUT2D eigenvalue weighted by molar-refractivity contribution is 6.06. The third-order valence-electron chi connectivity index (χ3n) is 3.89. The first-order chi connectivity index (χ1) is 13.2. The molecule has 1 N–H and O–H groups in total. The first-order valence-corrected chi connectivity index (χ1v) is 8.93. The predicted molar refractivity (Wildman–Crippen MR) is 108 cm³/mol. The summed E-state index contributed by atoms with van der Waals surface area (Å²) in [7, 11) is 0. The number of anilines is 1. The Morgan fingerprint density at radius 1 is 1.04 bits per heavy atom. The van der Waals surface area contributed by atoms with Gasteiger partial charge in [-0.1, -0.05) is 24.3 Å². The molecule has 1 amide bonds. The Bertz CT molecular complexity index is 961. The van der Waals surface area contributed by atoms with Crippen LogP contribution in [0.15, 0.2) is 60.8 Å². The molecule has 0 saturated carbocycles. The number of benzene rings is 2. The highest BCUT2D eigenvalue weighted by Crippen LogP contribution is 2.29. The first kappa shape index (κ1) is 18.5. The number of nitrogens with one attached hydrogen (secondary N) is 1. The number of nitrogens with zero attached hydrogens (tertiary/aromatic N) is 1. The van der Waals surface area contributed by atoms with E-state index in [-0.39, 0.29) is 5.91 Å². The molecule has 5 nitrogen and oxygen atoms in total. The summed E-state index contributed by atoms with van der Waals surface area (Å²) in [6, 6.07) is 15.1. The van der Waals surface area contributed by atoms with Crippen LogP contribution in [0.4, 0.5) is 5.69 Å². The normalized spacial score (nSPS) is 10.9. The average Bonchev–Trinajstić information content (AvgIpc) is 2.69. The Balaban J connectivity index is 1.75. The maximum absolute atomic E-state index is 12.3. The molecule has 3 rings (SSSR count). The van der Waals surface area contributed by atoms with E-state index in [0.717, 1.165) is 16.5 Å². The van der Waals surface area contributed by atoms with Gasteiger partial charge in [-0.15, -0.1) is 0 Å². The number of fused-ring (bicyclic) bond motifs is 1. The lowest BCUT2D eigenvalue weighted by Gasteiger charge is -2.11. The van der Waals surface area contributed by atoms with Crippen LogP contribution in [-0.2, 0) is 4.79 Å². The number of amides is 1. The Morgan fingerprint density at radius 3 is 2.63 bits per heavy atom. The summed E-state index contributed by atoms with van der Waals surface area (Å²) < 4.78 is 11.2. The van der Waals surface area contributed by atoms with Crippen molar-refractivity contribution in [2.75, 3.05) is 18.5 Å². The van der Waals surface area contributed by atoms with Crippen molar-refractivity contribution < 1.29 is 14.3 Å². The molecule has 0 bridgehead atoms. The van der Waals surface area contributed by atoms with Gasteiger partial charge in [-0.3, -0.25) is 9.78 Å². The van der Waals surface area contributed by atoms with E-state index >= 15 is 0 Å². The second kappa shape index (κ2) is 8.85. The zero-order valence-electron chi connectivity index (χ0n) is 15.4. The van der Waals surface area contributed by atoms with Gasteiger partial charge in [0, 0.05) is 17.7 Å². The quantitative estimate of drug-likeness (QED) is 0.620. The van der Waals surface area contributed by atoms with Gasteiger partial charge in [0.1, 0.15) is 0 Å². The van der Waals surface area contributed by atoms with Crippen molar-refractivity contribution in [3.8, 4) is 11.5 Å². The van der Waals surface area contributed by atoms with E-state index in [0.29, 0.717) is 30.4 Å². The van der Waals surface area contributed by atoms with Gasteiger partial charge in [0.2, 0.25) is 5.91 Å². The van der Waals surface area contributed by atoms with Crippen LogP contribution in [0.5, 0.6) is 11.5 Å². The van der Waals surface area contributed by atoms with Gasteiger partial charge in [0.05, 0.1) is 24.4 Å². The second-order valence-corrected chi connectivity index (χ2v) is 5.78. The Kier molecular flexibility index (Phi) is 6.05. The van der Waals surface area contributed by atoms with Crippen LogP contribution in [-0.4, -0.2) is 24.1 Å². The third-order valence-corrected chi connectivity index (χ3v) is 3.89. The number of hydrogen-bond donors (Lipinski definition) is 1. The minimum absolute atomic E-state index is 0.222. The van der Waals surface area contributed by atoms with E-state index in [9.17, 15) is 4.79 Å². The van der Waals surface area contributed by atoms with Crippen molar-refractivity contribution in [2.24, 2.45) is 0 Å². The van der Waals surface area contributed by atoms with Gasteiger partial charge < -0.3 is 14.8 Å². The molecule has 1 heterocycles. The molecule has 27 heavy (non-hydrogen) atoms. The van der Waals surface area contributed by atoms with Crippen molar-refractivity contribution in [3.63, 3.8) is 0 Å². The molecule has 138 valence electrons. The maximum atomic E-state index is 12.3. The smallest absolute Gasteiger partial charge is 0.248 e. The van der Waals surface area contributed by atoms with Crippen LogP contribution in [0.1, 0.15) is 19.4 Å². The number of carbonyl (C=O) groups excluding carboxylic acids is 1. The number of ether oxygens (including phenoxy) is 2. The molecular weight excluding hydrogens is 340 g/mol. The average molecular weight is 362 g/mol. The third kappa shape index (κ3) is 4.64. The number of para-hydroxylation sites is 1. The number of aromatic nitrogens is 1. The van der Waals surface area contributed by atoms with Crippen molar-refractivity contribution in [1.29, 1.82) is 0 Å². The minimum atomic E-state index is -0.222. The highest BCUT2D eigenvalue weighted by Gasteiger charge is 2.06. The molecule has 0 spiro atoms. The van der Waals surface area contributed by atoms with Crippen molar-refractivity contribution >= 4 is 28.6 Å². The molecule has 0 atom stereocenters. The van der Waals surface area contributed by atoms with Crippen LogP contribution < -0.4 is 14.8 Å². The zero-order valence-corrected chi connectivity index (χ0v) is 15.4. The number of hydrogen-bond acceptors (Lipinski definition) is 4. The lowest BCUT2D eigenvalue weighted by atomic mass is 10.1. The number of pyridine rings is 1. The summed E-state index contributed by atoms with van der Waals surface area (Å²) in [5.74, 6) is 1.14. The summed E-state index contributed by atoms with van der Waals surface area (Å²) in [5, 5.41) is 3.86. The van der Waals surface area contributed by atoms with E-state index in [2.05, 4.69) is 10.3 Å². The van der Waals surface area contributed by atoms with Crippen LogP contribution >= 0.6 is 0 Å². The van der Waals surface area contributed by atoms with Crippen LogP contribution in [0, 0.1) is 0 Å². The summed E-state index contributed by atoms with van der Waals surface area (Å²) >= 11 is 0. The Labute approximate surface area is 158 Å². The fourth-order valence-corrected chi connectivity index (χ4v) is 2.72. The van der Waals surface area contributed by atoms with E-state index < -0.39 is 0 Å². The second-order valence-electron chi connectivity index (χ2n) is 5.78. The van der Waals surface area contributed by atoms with Gasteiger partial charge in [0.15, 0.2) is 11.5 Å². The SMILES string of the molecule is CCOc1ccc(/C=C/C(=O)Nc2cccc3cccnc23)cc1OCC. The van der Waals surface area contributed by atoms with Gasteiger partial charge in [0.25, 0.3) is 0 Å². The molecule has 0 aliphatic rings. The summed E-state index contributed by atoms with van der Waals surface area (Å²) in [4.78, 5) is 16.7. The molecule has 0 radical (unpaired) electrons. The van der Waals surface area contributed by atoms with E-state index in [4.69, 9.17) is 9.47 Å². The minimum Gasteiger partial charge on any atom is -0.490 e. The monoisotopic (exact) mass is 362 g/mol. The highest BCUT2D eigenvalue weighted by atomic mass is 16.5. The Hall–Kier alpha value is -3.34. The fourth-order valence-electron chi connectivity index (χ4n) is 2.72. The van der Waals surface area contributed by atoms with Gasteiger partial charge >= 0.3 is 0 Å². The van der Waals surface area contributed by atoms with Crippen LogP contribution in [0.25, 0.3) is 17.0 Å². The lowest BCUT2D eigenvalue weighted by molar-refractivity contribution is -0.111. The van der Waals surface area contributed by atoms with Crippen molar-refractivity contribution in [3.05, 3.63) is 66.4 Å². The molecule has 1 aromatic heterocycles. The first-order valence-electron chi connectivity index (χ1n) is 8.93. The van der Waals surface area contributed by atoms with E-state index in [1.807, 2.05) is 62.4 Å².